The first-order valence-electron chi connectivity index (χ1n) is 13.3. The van der Waals surface area contributed by atoms with E-state index in [1.165, 1.54) is 24.3 Å². The van der Waals surface area contributed by atoms with Gasteiger partial charge in [-0.15, -0.1) is 0 Å². The van der Waals surface area contributed by atoms with Crippen LogP contribution in [0.25, 0.3) is 0 Å². The molecule has 1 saturated heterocycles. The molecule has 0 aromatic heterocycles. The molecule has 0 spiro atoms. The van der Waals surface area contributed by atoms with Crippen molar-refractivity contribution in [2.75, 3.05) is 39.0 Å². The molecule has 6 heteroatoms. The molecule has 4 nitrogen and oxygen atoms in total. The van der Waals surface area contributed by atoms with Crippen LogP contribution in [-0.4, -0.2) is 49.8 Å². The molecule has 3 aromatic rings. The summed E-state index contributed by atoms with van der Waals surface area (Å²) in [5.74, 6) is -0.402. The fourth-order valence-electron chi connectivity index (χ4n) is 6.36. The average molecular weight is 506 g/mol. The number of carbonyl (C=O) groups excluding carboxylic acids is 1. The molecule has 1 unspecified atom stereocenters. The van der Waals surface area contributed by atoms with E-state index in [1.54, 1.807) is 0 Å². The lowest BCUT2D eigenvalue weighted by Crippen LogP contribution is -2.69. The normalized spacial score (nSPS) is 27.2. The summed E-state index contributed by atoms with van der Waals surface area (Å²) in [7, 11) is 4.38. The third kappa shape index (κ3) is 4.69. The topological polar surface area (TPSA) is 29.1 Å². The van der Waals surface area contributed by atoms with E-state index in [1.807, 2.05) is 42.5 Å². The Balaban J connectivity index is 1.26. The maximum atomic E-state index is 13.6. The number of anilines is 1. The summed E-state index contributed by atoms with van der Waals surface area (Å²) in [6, 6.07) is 21.5. The van der Waals surface area contributed by atoms with Crippen LogP contribution in [0.3, 0.4) is 0 Å². The molecule has 0 aliphatic carbocycles. The summed E-state index contributed by atoms with van der Waals surface area (Å²) in [5, 5.41) is 3.10. The van der Waals surface area contributed by atoms with E-state index in [0.717, 1.165) is 72.3 Å². The molecule has 0 radical (unpaired) electrons. The maximum absolute atomic E-state index is 13.6. The third-order valence-electron chi connectivity index (χ3n) is 9.23. The molecular formula is C31H37F2N3O+2. The van der Waals surface area contributed by atoms with Crippen molar-refractivity contribution in [1.29, 1.82) is 0 Å². The van der Waals surface area contributed by atoms with Crippen molar-refractivity contribution in [3.05, 3.63) is 95.6 Å². The second kappa shape index (κ2) is 9.66. The highest BCUT2D eigenvalue weighted by atomic mass is 19.1. The number of quaternary nitrogens is 2. The van der Waals surface area contributed by atoms with Crippen LogP contribution in [0.2, 0.25) is 0 Å². The zero-order valence-corrected chi connectivity index (χ0v) is 22.0. The number of benzene rings is 3. The molecule has 1 N–H and O–H groups in total. The maximum Gasteiger partial charge on any atom is 0.426 e. The number of piperidine rings is 1. The quantitative estimate of drug-likeness (QED) is 0.342. The lowest BCUT2D eigenvalue weighted by Gasteiger charge is -2.50. The number of rotatable bonds is 7. The number of halogens is 2. The molecule has 3 aromatic carbocycles. The van der Waals surface area contributed by atoms with Crippen LogP contribution in [0, 0.1) is 11.6 Å². The number of nitrogens with zero attached hydrogens (tertiary/aromatic N) is 2. The van der Waals surface area contributed by atoms with E-state index >= 15 is 0 Å². The van der Waals surface area contributed by atoms with Crippen molar-refractivity contribution in [3.8, 4) is 0 Å². The fraction of sp³-hybridized carbons (Fsp3) is 0.387. The number of fused-ring (bicyclic) bond motifs is 1. The number of hydrogen-bond donors (Lipinski definition) is 1. The number of nitrogens with one attached hydrogen (secondary N) is 1. The number of para-hydroxylation sites is 2. The standard InChI is InChI=1S/C31H36F2N3O/c1-31(36(3)29-9-5-4-8-28(29)34-30(36)37)18-21-35(2,22-19-31)20-6-7-27(23-10-14-25(32)15-11-23)24-12-16-26(33)17-13-24/h4-5,8-17,27H,6-7,18-22H2,1-3H3/q+1/p+1. The van der Waals surface area contributed by atoms with Crippen molar-refractivity contribution >= 4 is 17.4 Å². The van der Waals surface area contributed by atoms with E-state index in [9.17, 15) is 13.6 Å². The summed E-state index contributed by atoms with van der Waals surface area (Å²) < 4.78 is 28.4. The van der Waals surface area contributed by atoms with E-state index in [-0.39, 0.29) is 29.1 Å². The molecule has 37 heavy (non-hydrogen) atoms. The highest BCUT2D eigenvalue weighted by Gasteiger charge is 2.58. The van der Waals surface area contributed by atoms with E-state index < -0.39 is 0 Å². The van der Waals surface area contributed by atoms with Gasteiger partial charge in [0, 0.05) is 12.0 Å². The van der Waals surface area contributed by atoms with Crippen LogP contribution in [-0.2, 0) is 0 Å². The molecule has 194 valence electrons. The van der Waals surface area contributed by atoms with Crippen molar-refractivity contribution < 1.29 is 18.1 Å². The summed E-state index contributed by atoms with van der Waals surface area (Å²) >= 11 is 0. The Bertz CT molecular complexity index is 1220. The summed E-state index contributed by atoms with van der Waals surface area (Å²) in [6.45, 7) is 5.31. The summed E-state index contributed by atoms with van der Waals surface area (Å²) in [5.41, 5.74) is 3.93. The van der Waals surface area contributed by atoms with Crippen molar-refractivity contribution in [1.82, 2.24) is 4.48 Å². The van der Waals surface area contributed by atoms with Gasteiger partial charge in [0.2, 0.25) is 0 Å². The Kier molecular flexibility index (Phi) is 6.67. The second-order valence-electron chi connectivity index (χ2n) is 11.5. The van der Waals surface area contributed by atoms with Gasteiger partial charge in [0.05, 0.1) is 46.6 Å². The SMILES string of the molecule is CC1([N+]2(C)C(=O)Nc3ccccc32)CC[N+](C)(CCCC(c2ccc(F)cc2)c2ccc(F)cc2)CC1. The molecule has 2 amide bonds. The third-order valence-corrected chi connectivity index (χ3v) is 9.23. The van der Waals surface area contributed by atoms with Crippen LogP contribution in [0.15, 0.2) is 72.8 Å². The Hall–Kier alpha value is -3.09. The van der Waals surface area contributed by atoms with Crippen molar-refractivity contribution in [2.24, 2.45) is 0 Å². The smallest absolute Gasteiger partial charge is 0.326 e. The van der Waals surface area contributed by atoms with Crippen LogP contribution in [0.4, 0.5) is 25.0 Å². The molecule has 0 saturated carbocycles. The molecule has 1 atom stereocenters. The lowest BCUT2D eigenvalue weighted by molar-refractivity contribution is -0.915. The predicted octanol–water partition coefficient (Wildman–Crippen LogP) is 7.06. The van der Waals surface area contributed by atoms with Gasteiger partial charge >= 0.3 is 6.03 Å². The van der Waals surface area contributed by atoms with Gasteiger partial charge in [0.1, 0.15) is 22.9 Å². The Morgan fingerprint density at radius 2 is 1.41 bits per heavy atom. The predicted molar refractivity (Wildman–Crippen MR) is 145 cm³/mol. The summed E-state index contributed by atoms with van der Waals surface area (Å²) in [4.78, 5) is 13.2. The van der Waals surface area contributed by atoms with E-state index in [2.05, 4.69) is 32.4 Å². The van der Waals surface area contributed by atoms with Crippen molar-refractivity contribution in [3.63, 3.8) is 0 Å². The van der Waals surface area contributed by atoms with Gasteiger partial charge in [-0.05, 0) is 61.2 Å². The zero-order chi connectivity index (χ0) is 26.3. The first kappa shape index (κ1) is 25.6. The molecule has 2 aliphatic rings. The van der Waals surface area contributed by atoms with E-state index in [4.69, 9.17) is 0 Å². The molecule has 5 rings (SSSR count). The first-order valence-corrected chi connectivity index (χ1v) is 13.3. The molecule has 0 bridgehead atoms. The lowest BCUT2D eigenvalue weighted by atomic mass is 9.83. The fourth-order valence-corrected chi connectivity index (χ4v) is 6.36. The van der Waals surface area contributed by atoms with E-state index in [0.29, 0.717) is 4.48 Å². The molecule has 2 aliphatic heterocycles. The molecule has 2 heterocycles. The minimum atomic E-state index is -0.248. The second-order valence-corrected chi connectivity index (χ2v) is 11.5. The van der Waals surface area contributed by atoms with Crippen LogP contribution in [0.5, 0.6) is 0 Å². The van der Waals surface area contributed by atoms with Crippen LogP contribution < -0.4 is 9.80 Å². The zero-order valence-electron chi connectivity index (χ0n) is 22.0. The number of hydrogen-bond acceptors (Lipinski definition) is 1. The van der Waals surface area contributed by atoms with Gasteiger partial charge in [0.15, 0.2) is 5.69 Å². The minimum Gasteiger partial charge on any atom is -0.326 e. The monoisotopic (exact) mass is 505 g/mol. The Morgan fingerprint density at radius 3 is 1.97 bits per heavy atom. The van der Waals surface area contributed by atoms with Crippen LogP contribution >= 0.6 is 0 Å². The number of carbonyl (C=O) groups is 1. The van der Waals surface area contributed by atoms with Gasteiger partial charge in [-0.3, -0.25) is 5.32 Å². The van der Waals surface area contributed by atoms with Crippen molar-refractivity contribution in [2.45, 2.75) is 44.1 Å². The number of urea groups is 1. The highest BCUT2D eigenvalue weighted by molar-refractivity contribution is 6.08. The molecular weight excluding hydrogens is 468 g/mol. The van der Waals surface area contributed by atoms with Crippen LogP contribution in [0.1, 0.15) is 49.7 Å². The highest BCUT2D eigenvalue weighted by Crippen LogP contribution is 2.47. The van der Waals surface area contributed by atoms with Gasteiger partial charge in [-0.1, -0.05) is 36.4 Å². The Morgan fingerprint density at radius 1 is 0.865 bits per heavy atom. The van der Waals surface area contributed by atoms with Gasteiger partial charge in [-0.25, -0.2) is 18.1 Å². The van der Waals surface area contributed by atoms with Gasteiger partial charge < -0.3 is 4.48 Å². The number of likely N-dealkylation sites (tertiary alicyclic amines) is 1. The van der Waals surface area contributed by atoms with Gasteiger partial charge in [-0.2, -0.15) is 0 Å². The average Bonchev–Trinajstić information content (AvgIpc) is 3.17. The Labute approximate surface area is 218 Å². The van der Waals surface area contributed by atoms with Gasteiger partial charge in [0.25, 0.3) is 0 Å². The molecule has 1 fully saturated rings. The minimum absolute atomic E-state index is 0.0567. The summed E-state index contributed by atoms with van der Waals surface area (Å²) in [6.07, 6.45) is 3.83. The largest absolute Gasteiger partial charge is 0.426 e. The first-order chi connectivity index (χ1) is 17.6. The number of amides is 2.